The molecule has 5 heteroatoms. The average Bonchev–Trinajstić information content (AvgIpc) is 2.88. The van der Waals surface area contributed by atoms with Crippen LogP contribution in [0.25, 0.3) is 0 Å². The topological polar surface area (TPSA) is 38.5 Å². The lowest BCUT2D eigenvalue weighted by Gasteiger charge is -2.47. The molecule has 0 N–H and O–H groups in total. The van der Waals surface area contributed by atoms with Crippen LogP contribution in [0.5, 0.6) is 0 Å². The molecule has 1 aromatic rings. The lowest BCUT2D eigenvalue weighted by molar-refractivity contribution is 0.0415. The molecule has 0 saturated carbocycles. The van der Waals surface area contributed by atoms with Crippen molar-refractivity contribution in [1.29, 1.82) is 0 Å². The molecule has 4 nitrogen and oxygen atoms in total. The van der Waals surface area contributed by atoms with Gasteiger partial charge in [-0.2, -0.15) is 0 Å². The van der Waals surface area contributed by atoms with E-state index in [-0.39, 0.29) is 0 Å². The molecule has 0 aromatic carbocycles. The maximum absolute atomic E-state index is 5.75. The highest BCUT2D eigenvalue weighted by Crippen LogP contribution is 2.46. The Labute approximate surface area is 118 Å². The fourth-order valence-electron chi connectivity index (χ4n) is 3.20. The first-order valence-corrected chi connectivity index (χ1v) is 8.00. The molecule has 3 rings (SSSR count). The van der Waals surface area contributed by atoms with Crippen LogP contribution in [0, 0.1) is 13.8 Å². The van der Waals surface area contributed by atoms with Crippen molar-refractivity contribution < 1.29 is 9.26 Å². The summed E-state index contributed by atoms with van der Waals surface area (Å²) in [5, 5.41) is 4.03. The van der Waals surface area contributed by atoms with Gasteiger partial charge in [0, 0.05) is 42.3 Å². The van der Waals surface area contributed by atoms with Gasteiger partial charge in [0.2, 0.25) is 0 Å². The van der Waals surface area contributed by atoms with Crippen molar-refractivity contribution in [2.24, 2.45) is 0 Å². The van der Waals surface area contributed by atoms with Crippen molar-refractivity contribution in [2.75, 3.05) is 25.4 Å². The molecule has 19 heavy (non-hydrogen) atoms. The van der Waals surface area contributed by atoms with Gasteiger partial charge >= 0.3 is 0 Å². The maximum atomic E-state index is 5.75. The molecular formula is C14H22N2O2S. The van der Waals surface area contributed by atoms with Gasteiger partial charge in [-0.05, 0) is 27.2 Å². The number of ether oxygens (including phenoxy) is 1. The molecule has 0 aliphatic carbocycles. The summed E-state index contributed by atoms with van der Waals surface area (Å²) < 4.78 is 11.4. The Morgan fingerprint density at radius 2 is 2.26 bits per heavy atom. The minimum atomic E-state index is 0.457. The van der Waals surface area contributed by atoms with Gasteiger partial charge in [-0.3, -0.25) is 4.90 Å². The van der Waals surface area contributed by atoms with Crippen molar-refractivity contribution >= 4 is 11.8 Å². The van der Waals surface area contributed by atoms with Crippen LogP contribution in [-0.2, 0) is 11.3 Å². The normalized spacial score (nSPS) is 25.9. The van der Waals surface area contributed by atoms with Crippen LogP contribution >= 0.6 is 11.8 Å². The fraction of sp³-hybridized carbons (Fsp3) is 0.786. The summed E-state index contributed by atoms with van der Waals surface area (Å²) in [5.41, 5.74) is 2.30. The first-order valence-electron chi connectivity index (χ1n) is 7.01. The van der Waals surface area contributed by atoms with E-state index in [1.807, 2.05) is 13.8 Å². The van der Waals surface area contributed by atoms with Crippen LogP contribution in [0.2, 0.25) is 0 Å². The number of aryl methyl sites for hydroxylation is 2. The number of hydrogen-bond donors (Lipinski definition) is 0. The van der Waals surface area contributed by atoms with E-state index < -0.39 is 0 Å². The SMILES string of the molecule is CCO[C@@H]1CSC2(C1)CN(Cc1c(C)noc1C)C2. The Balaban J connectivity index is 1.53. The Bertz CT molecular complexity index is 435. The van der Waals surface area contributed by atoms with Crippen LogP contribution in [0.15, 0.2) is 4.52 Å². The van der Waals surface area contributed by atoms with Gasteiger partial charge < -0.3 is 9.26 Å². The standard InChI is InChI=1S/C14H22N2O2S/c1-4-17-12-5-14(19-7-12)8-16(9-14)6-13-10(2)15-18-11(13)3/h12H,4-9H2,1-3H3/t12-/m0/s1. The fourth-order valence-corrected chi connectivity index (χ4v) is 4.80. The molecule has 0 radical (unpaired) electrons. The van der Waals surface area contributed by atoms with Gasteiger partial charge in [0.15, 0.2) is 0 Å². The Morgan fingerprint density at radius 3 is 2.89 bits per heavy atom. The van der Waals surface area contributed by atoms with Gasteiger partial charge in [0.25, 0.3) is 0 Å². The second-order valence-electron chi connectivity index (χ2n) is 5.72. The minimum Gasteiger partial charge on any atom is -0.378 e. The third-order valence-electron chi connectivity index (χ3n) is 4.16. The summed E-state index contributed by atoms with van der Waals surface area (Å²) in [6.07, 6.45) is 1.68. The van der Waals surface area contributed by atoms with E-state index in [2.05, 4.69) is 28.7 Å². The minimum absolute atomic E-state index is 0.457. The van der Waals surface area contributed by atoms with Crippen molar-refractivity contribution in [2.45, 2.75) is 44.6 Å². The number of thioether (sulfide) groups is 1. The lowest BCUT2D eigenvalue weighted by atomic mass is 9.92. The Kier molecular flexibility index (Phi) is 3.62. The van der Waals surface area contributed by atoms with E-state index in [0.29, 0.717) is 10.9 Å². The lowest BCUT2D eigenvalue weighted by Crippen LogP contribution is -2.58. The van der Waals surface area contributed by atoms with E-state index >= 15 is 0 Å². The quantitative estimate of drug-likeness (QED) is 0.848. The van der Waals surface area contributed by atoms with Gasteiger partial charge in [-0.1, -0.05) is 5.16 Å². The summed E-state index contributed by atoms with van der Waals surface area (Å²) in [6, 6.07) is 0. The number of likely N-dealkylation sites (tertiary alicyclic amines) is 1. The van der Waals surface area contributed by atoms with Crippen molar-refractivity contribution in [3.05, 3.63) is 17.0 Å². The zero-order valence-corrected chi connectivity index (χ0v) is 12.8. The predicted molar refractivity (Wildman–Crippen MR) is 76.5 cm³/mol. The zero-order chi connectivity index (χ0) is 13.5. The highest BCUT2D eigenvalue weighted by atomic mass is 32.2. The van der Waals surface area contributed by atoms with Gasteiger partial charge in [-0.25, -0.2) is 0 Å². The zero-order valence-electron chi connectivity index (χ0n) is 11.9. The first kappa shape index (κ1) is 13.5. The Hall–Kier alpha value is -0.520. The summed E-state index contributed by atoms with van der Waals surface area (Å²) >= 11 is 2.10. The van der Waals surface area contributed by atoms with Crippen LogP contribution in [-0.4, -0.2) is 46.4 Å². The van der Waals surface area contributed by atoms with Gasteiger partial charge in [-0.15, -0.1) is 11.8 Å². The third-order valence-corrected chi connectivity index (χ3v) is 5.74. The summed E-state index contributed by atoms with van der Waals surface area (Å²) in [6.45, 7) is 10.3. The molecule has 2 aliphatic heterocycles. The molecule has 0 bridgehead atoms. The molecule has 2 fully saturated rings. The molecule has 3 heterocycles. The van der Waals surface area contributed by atoms with Crippen molar-refractivity contribution in [3.63, 3.8) is 0 Å². The highest BCUT2D eigenvalue weighted by molar-refractivity contribution is 8.01. The molecule has 1 atom stereocenters. The van der Waals surface area contributed by atoms with Crippen molar-refractivity contribution in [1.82, 2.24) is 10.1 Å². The number of hydrogen-bond acceptors (Lipinski definition) is 5. The molecule has 2 saturated heterocycles. The molecule has 1 aromatic heterocycles. The predicted octanol–water partition coefficient (Wildman–Crippen LogP) is 2.39. The van der Waals surface area contributed by atoms with E-state index in [4.69, 9.17) is 9.26 Å². The highest BCUT2D eigenvalue weighted by Gasteiger charge is 2.49. The summed E-state index contributed by atoms with van der Waals surface area (Å²) in [5.74, 6) is 2.12. The van der Waals surface area contributed by atoms with E-state index in [1.165, 1.54) is 25.1 Å². The summed E-state index contributed by atoms with van der Waals surface area (Å²) in [4.78, 5) is 2.49. The molecule has 106 valence electrons. The monoisotopic (exact) mass is 282 g/mol. The molecule has 0 amide bonds. The van der Waals surface area contributed by atoms with E-state index in [0.717, 1.165) is 30.4 Å². The van der Waals surface area contributed by atoms with Crippen molar-refractivity contribution in [3.8, 4) is 0 Å². The number of rotatable bonds is 4. The van der Waals surface area contributed by atoms with E-state index in [1.54, 1.807) is 0 Å². The van der Waals surface area contributed by atoms with Crippen LogP contribution < -0.4 is 0 Å². The first-order chi connectivity index (χ1) is 9.12. The molecular weight excluding hydrogens is 260 g/mol. The van der Waals surface area contributed by atoms with E-state index in [9.17, 15) is 0 Å². The number of aromatic nitrogens is 1. The second-order valence-corrected chi connectivity index (χ2v) is 7.21. The van der Waals surface area contributed by atoms with Gasteiger partial charge in [0.1, 0.15) is 5.76 Å². The number of nitrogens with zero attached hydrogens (tertiary/aromatic N) is 2. The average molecular weight is 282 g/mol. The summed E-state index contributed by atoms with van der Waals surface area (Å²) in [7, 11) is 0. The smallest absolute Gasteiger partial charge is 0.138 e. The van der Waals surface area contributed by atoms with Crippen LogP contribution in [0.1, 0.15) is 30.4 Å². The Morgan fingerprint density at radius 1 is 1.47 bits per heavy atom. The largest absolute Gasteiger partial charge is 0.378 e. The van der Waals surface area contributed by atoms with Crippen LogP contribution in [0.4, 0.5) is 0 Å². The second kappa shape index (κ2) is 5.11. The molecule has 1 spiro atoms. The third kappa shape index (κ3) is 2.56. The maximum Gasteiger partial charge on any atom is 0.138 e. The van der Waals surface area contributed by atoms with Gasteiger partial charge in [0.05, 0.1) is 11.8 Å². The van der Waals surface area contributed by atoms with Crippen LogP contribution in [0.3, 0.4) is 0 Å². The molecule has 0 unspecified atom stereocenters. The molecule has 2 aliphatic rings.